The predicted molar refractivity (Wildman–Crippen MR) is 78.2 cm³/mol. The van der Waals surface area contributed by atoms with Crippen molar-refractivity contribution in [3.8, 4) is 0 Å². The van der Waals surface area contributed by atoms with Gasteiger partial charge in [0.2, 0.25) is 24.2 Å². The van der Waals surface area contributed by atoms with E-state index in [0.29, 0.717) is 12.1 Å². The lowest BCUT2D eigenvalue weighted by Gasteiger charge is -2.38. The van der Waals surface area contributed by atoms with Crippen molar-refractivity contribution in [3.63, 3.8) is 0 Å². The Balaban J connectivity index is 2.49. The molecule has 102 valence electrons. The van der Waals surface area contributed by atoms with Crippen LogP contribution in [-0.4, -0.2) is 44.7 Å². The van der Waals surface area contributed by atoms with E-state index in [1.165, 1.54) is 37.1 Å². The molecule has 2 rings (SSSR count). The fraction of sp³-hybridized carbons (Fsp3) is 0.875. The van der Waals surface area contributed by atoms with E-state index in [0.717, 1.165) is 12.1 Å². The van der Waals surface area contributed by atoms with Gasteiger partial charge in [-0.2, -0.15) is 0 Å². The van der Waals surface area contributed by atoms with Crippen LogP contribution in [0.5, 0.6) is 0 Å². The lowest BCUT2D eigenvalue weighted by Crippen LogP contribution is -2.62. The smallest absolute Gasteiger partial charge is 0.213 e. The van der Waals surface area contributed by atoms with Gasteiger partial charge in [0.1, 0.15) is 11.4 Å². The summed E-state index contributed by atoms with van der Waals surface area (Å²) in [6.45, 7) is 13.9. The van der Waals surface area contributed by atoms with Crippen molar-refractivity contribution in [2.75, 3.05) is 0 Å². The molecular formula is C16H30N2+2. The van der Waals surface area contributed by atoms with Crippen LogP contribution in [0.4, 0.5) is 0 Å². The van der Waals surface area contributed by atoms with Crippen LogP contribution < -0.4 is 0 Å². The van der Waals surface area contributed by atoms with E-state index in [-0.39, 0.29) is 0 Å². The molecule has 2 nitrogen and oxygen atoms in total. The van der Waals surface area contributed by atoms with Crippen molar-refractivity contribution in [2.45, 2.75) is 91.4 Å². The minimum atomic E-state index is 0.629. The van der Waals surface area contributed by atoms with Gasteiger partial charge in [-0.25, -0.2) is 9.15 Å². The van der Waals surface area contributed by atoms with Gasteiger partial charge in [-0.3, -0.25) is 0 Å². The first-order chi connectivity index (χ1) is 8.45. The highest BCUT2D eigenvalue weighted by molar-refractivity contribution is 5.75. The first-order valence-electron chi connectivity index (χ1n) is 7.62. The predicted octanol–water partition coefficient (Wildman–Crippen LogP) is 3.07. The lowest BCUT2D eigenvalue weighted by molar-refractivity contribution is -0.761. The molecule has 4 atom stereocenters. The Morgan fingerprint density at radius 1 is 0.722 bits per heavy atom. The normalized spacial score (nSPS) is 36.3. The van der Waals surface area contributed by atoms with Gasteiger partial charge in [0.15, 0.2) is 0 Å². The Bertz CT molecular complexity index is 346. The molecule has 0 spiro atoms. The maximum Gasteiger partial charge on any atom is 0.213 e. The molecule has 18 heavy (non-hydrogen) atoms. The second-order valence-corrected chi connectivity index (χ2v) is 6.61. The SMILES string of the molecule is CC(C)=[N+]1C(C)C(C)[N+](=C(C)C)[C@H]2CCCC[C@@H]21. The van der Waals surface area contributed by atoms with Gasteiger partial charge >= 0.3 is 0 Å². The van der Waals surface area contributed by atoms with Crippen LogP contribution in [0.2, 0.25) is 0 Å². The summed E-state index contributed by atoms with van der Waals surface area (Å²) in [7, 11) is 0. The third-order valence-corrected chi connectivity index (χ3v) is 5.02. The highest BCUT2D eigenvalue weighted by Gasteiger charge is 2.52. The van der Waals surface area contributed by atoms with Crippen molar-refractivity contribution in [1.29, 1.82) is 0 Å². The summed E-state index contributed by atoms with van der Waals surface area (Å²) in [5.41, 5.74) is 3.00. The minimum Gasteiger partial charge on any atom is -0.219 e. The maximum atomic E-state index is 2.72. The zero-order valence-electron chi connectivity index (χ0n) is 13.0. The molecule has 0 aromatic carbocycles. The standard InChI is InChI=1S/C16H30N2/c1-11(2)17-13(5)14(6)18(12(3)4)16-10-8-7-9-15(16)17/h13-16H,7-10H2,1-6H3/q+2/t13?,14?,15-,16-/m0/s1. The van der Waals surface area contributed by atoms with Gasteiger partial charge in [-0.1, -0.05) is 0 Å². The highest BCUT2D eigenvalue weighted by atomic mass is 15.3. The van der Waals surface area contributed by atoms with E-state index in [1.807, 2.05) is 0 Å². The highest BCUT2D eigenvalue weighted by Crippen LogP contribution is 2.31. The lowest BCUT2D eigenvalue weighted by atomic mass is 9.84. The van der Waals surface area contributed by atoms with E-state index >= 15 is 0 Å². The van der Waals surface area contributed by atoms with E-state index in [1.54, 1.807) is 0 Å². The third-order valence-electron chi connectivity index (χ3n) is 5.02. The molecule has 2 aliphatic rings. The number of hydrogen-bond acceptors (Lipinski definition) is 0. The third kappa shape index (κ3) is 2.15. The zero-order valence-corrected chi connectivity index (χ0v) is 13.0. The van der Waals surface area contributed by atoms with E-state index in [4.69, 9.17) is 0 Å². The van der Waals surface area contributed by atoms with Gasteiger partial charge < -0.3 is 0 Å². The van der Waals surface area contributed by atoms with Crippen LogP contribution in [0.1, 0.15) is 67.2 Å². The summed E-state index contributed by atoms with van der Waals surface area (Å²) in [6, 6.07) is 2.74. The molecule has 2 unspecified atom stereocenters. The van der Waals surface area contributed by atoms with Gasteiger partial charge in [0, 0.05) is 54.4 Å². The summed E-state index contributed by atoms with van der Waals surface area (Å²) < 4.78 is 5.43. The number of nitrogens with zero attached hydrogens (tertiary/aromatic N) is 2. The van der Waals surface area contributed by atoms with E-state index in [2.05, 4.69) is 50.7 Å². The average Bonchev–Trinajstić information content (AvgIpc) is 2.29. The quantitative estimate of drug-likeness (QED) is 0.583. The topological polar surface area (TPSA) is 6.02 Å². The molecule has 0 radical (unpaired) electrons. The second kappa shape index (κ2) is 5.14. The largest absolute Gasteiger partial charge is 0.219 e. The maximum absolute atomic E-state index is 2.72. The Labute approximate surface area is 112 Å². The summed E-state index contributed by atoms with van der Waals surface area (Å²) in [5, 5.41) is 0. The van der Waals surface area contributed by atoms with E-state index < -0.39 is 0 Å². The first-order valence-corrected chi connectivity index (χ1v) is 7.62. The van der Waals surface area contributed by atoms with Crippen molar-refractivity contribution in [1.82, 2.24) is 0 Å². The van der Waals surface area contributed by atoms with Crippen LogP contribution in [-0.2, 0) is 0 Å². The molecule has 2 heteroatoms. The molecule has 1 heterocycles. The summed E-state index contributed by atoms with van der Waals surface area (Å²) >= 11 is 0. The zero-order chi connectivity index (χ0) is 13.4. The molecule has 1 aliphatic heterocycles. The van der Waals surface area contributed by atoms with Crippen LogP contribution in [0.25, 0.3) is 0 Å². The summed E-state index contributed by atoms with van der Waals surface area (Å²) in [4.78, 5) is 0. The number of piperazine rings is 1. The van der Waals surface area contributed by atoms with Gasteiger partial charge in [0.25, 0.3) is 0 Å². The van der Waals surface area contributed by atoms with Crippen LogP contribution in [0.15, 0.2) is 0 Å². The van der Waals surface area contributed by atoms with Crippen LogP contribution in [0.3, 0.4) is 0 Å². The Kier molecular flexibility index (Phi) is 3.93. The van der Waals surface area contributed by atoms with Gasteiger partial charge in [-0.15, -0.1) is 0 Å². The van der Waals surface area contributed by atoms with Crippen molar-refractivity contribution in [2.24, 2.45) is 0 Å². The molecule has 1 aliphatic carbocycles. The number of rotatable bonds is 0. The van der Waals surface area contributed by atoms with Crippen molar-refractivity contribution in [3.05, 3.63) is 0 Å². The molecule has 0 aromatic heterocycles. The number of fused-ring (bicyclic) bond motifs is 1. The molecule has 2 fully saturated rings. The van der Waals surface area contributed by atoms with Crippen molar-refractivity contribution >= 4 is 11.4 Å². The molecule has 0 bridgehead atoms. The molecule has 0 aromatic rings. The Hall–Kier alpha value is -0.660. The van der Waals surface area contributed by atoms with Crippen LogP contribution >= 0.6 is 0 Å². The van der Waals surface area contributed by atoms with Crippen LogP contribution in [0, 0.1) is 0 Å². The molecule has 1 saturated heterocycles. The molecule has 0 N–H and O–H groups in total. The van der Waals surface area contributed by atoms with Crippen molar-refractivity contribution < 1.29 is 9.15 Å². The molecule has 0 amide bonds. The Morgan fingerprint density at radius 3 is 1.33 bits per heavy atom. The van der Waals surface area contributed by atoms with Gasteiger partial charge in [-0.05, 0) is 12.8 Å². The fourth-order valence-corrected chi connectivity index (χ4v) is 4.29. The fourth-order valence-electron chi connectivity index (χ4n) is 4.29. The first kappa shape index (κ1) is 13.8. The molecule has 1 saturated carbocycles. The monoisotopic (exact) mass is 250 g/mol. The minimum absolute atomic E-state index is 0.629. The van der Waals surface area contributed by atoms with E-state index in [9.17, 15) is 0 Å². The average molecular weight is 250 g/mol. The second-order valence-electron chi connectivity index (χ2n) is 6.61. The number of hydrogen-bond donors (Lipinski definition) is 0. The summed E-state index contributed by atoms with van der Waals surface area (Å²) in [5.74, 6) is 0. The summed E-state index contributed by atoms with van der Waals surface area (Å²) in [6.07, 6.45) is 5.55. The molecular weight excluding hydrogens is 220 g/mol. The van der Waals surface area contributed by atoms with Gasteiger partial charge in [0.05, 0.1) is 0 Å². The Morgan fingerprint density at radius 2 is 1.06 bits per heavy atom.